The number of nitrogens with one attached hydrogen (secondary N) is 1. The van der Waals surface area contributed by atoms with E-state index >= 15 is 0 Å². The Labute approximate surface area is 103 Å². The molecule has 2 heteroatoms. The van der Waals surface area contributed by atoms with Crippen molar-refractivity contribution in [2.24, 2.45) is 11.8 Å². The van der Waals surface area contributed by atoms with Crippen molar-refractivity contribution in [2.45, 2.75) is 59.5 Å². The maximum absolute atomic E-state index is 3.77. The van der Waals surface area contributed by atoms with E-state index in [0.29, 0.717) is 12.1 Å². The Morgan fingerprint density at radius 3 is 1.62 bits per heavy atom. The predicted octanol–water partition coefficient (Wildman–Crippen LogP) is 2.99. The molecule has 0 aromatic rings. The minimum Gasteiger partial charge on any atom is -0.310 e. The van der Waals surface area contributed by atoms with Crippen LogP contribution >= 0.6 is 0 Å². The molecule has 1 unspecified atom stereocenters. The highest BCUT2D eigenvalue weighted by atomic mass is 15.1. The van der Waals surface area contributed by atoms with Crippen LogP contribution in [0, 0.1) is 11.8 Å². The number of rotatable bonds is 8. The second-order valence-electron chi connectivity index (χ2n) is 6.29. The lowest BCUT2D eigenvalue weighted by atomic mass is 9.95. The van der Waals surface area contributed by atoms with Gasteiger partial charge in [0.2, 0.25) is 0 Å². The van der Waals surface area contributed by atoms with Gasteiger partial charge < -0.3 is 10.2 Å². The Bertz CT molecular complexity index is 154. The molecule has 0 saturated carbocycles. The molecule has 0 amide bonds. The van der Waals surface area contributed by atoms with Gasteiger partial charge in [0.25, 0.3) is 0 Å². The van der Waals surface area contributed by atoms with Gasteiger partial charge in [-0.3, -0.25) is 0 Å². The van der Waals surface area contributed by atoms with Gasteiger partial charge in [-0.1, -0.05) is 27.7 Å². The molecule has 0 fully saturated rings. The molecular formula is C14H32N2. The van der Waals surface area contributed by atoms with Crippen LogP contribution < -0.4 is 5.32 Å². The van der Waals surface area contributed by atoms with Crippen LogP contribution in [0.3, 0.4) is 0 Å². The molecule has 0 aliphatic rings. The van der Waals surface area contributed by atoms with Crippen LogP contribution in [0.15, 0.2) is 0 Å². The zero-order chi connectivity index (χ0) is 12.7. The molecule has 0 spiro atoms. The summed E-state index contributed by atoms with van der Waals surface area (Å²) in [6.07, 6.45) is 2.58. The fraction of sp³-hybridized carbons (Fsp3) is 1.00. The van der Waals surface area contributed by atoms with Gasteiger partial charge in [0.1, 0.15) is 0 Å². The highest BCUT2D eigenvalue weighted by molar-refractivity contribution is 4.75. The molecule has 0 aromatic carbocycles. The lowest BCUT2D eigenvalue weighted by Gasteiger charge is -2.27. The standard InChI is InChI=1S/C14H32N2/c1-11(2)8-14(9-12(3)4)15-13(5)10-16(6)7/h11-15H,8-10H2,1-7H3. The van der Waals surface area contributed by atoms with Crippen molar-refractivity contribution in [2.75, 3.05) is 20.6 Å². The first-order chi connectivity index (χ1) is 7.31. The third-order valence-electron chi connectivity index (χ3n) is 2.67. The summed E-state index contributed by atoms with van der Waals surface area (Å²) in [5.41, 5.74) is 0. The maximum Gasteiger partial charge on any atom is 0.0169 e. The van der Waals surface area contributed by atoms with Crippen molar-refractivity contribution >= 4 is 0 Å². The van der Waals surface area contributed by atoms with E-state index in [9.17, 15) is 0 Å². The highest BCUT2D eigenvalue weighted by Gasteiger charge is 2.15. The number of nitrogens with zero attached hydrogens (tertiary/aromatic N) is 1. The van der Waals surface area contributed by atoms with Crippen molar-refractivity contribution < 1.29 is 0 Å². The smallest absolute Gasteiger partial charge is 0.0169 e. The van der Waals surface area contributed by atoms with Crippen molar-refractivity contribution in [1.29, 1.82) is 0 Å². The summed E-state index contributed by atoms with van der Waals surface area (Å²) < 4.78 is 0. The van der Waals surface area contributed by atoms with E-state index in [0.717, 1.165) is 18.4 Å². The van der Waals surface area contributed by atoms with Gasteiger partial charge in [-0.05, 0) is 45.7 Å². The van der Waals surface area contributed by atoms with E-state index in [4.69, 9.17) is 0 Å². The molecule has 0 radical (unpaired) electrons. The molecule has 1 atom stereocenters. The van der Waals surface area contributed by atoms with Gasteiger partial charge in [0.05, 0.1) is 0 Å². The Morgan fingerprint density at radius 2 is 1.31 bits per heavy atom. The largest absolute Gasteiger partial charge is 0.310 e. The molecule has 0 aliphatic heterocycles. The van der Waals surface area contributed by atoms with E-state index in [1.165, 1.54) is 12.8 Å². The minimum absolute atomic E-state index is 0.581. The third-order valence-corrected chi connectivity index (χ3v) is 2.67. The summed E-state index contributed by atoms with van der Waals surface area (Å²) in [6.45, 7) is 12.6. The predicted molar refractivity (Wildman–Crippen MR) is 73.8 cm³/mol. The second-order valence-corrected chi connectivity index (χ2v) is 6.29. The van der Waals surface area contributed by atoms with Gasteiger partial charge in [-0.15, -0.1) is 0 Å². The summed E-state index contributed by atoms with van der Waals surface area (Å²) >= 11 is 0. The molecule has 16 heavy (non-hydrogen) atoms. The molecule has 0 saturated heterocycles. The minimum atomic E-state index is 0.581. The molecule has 0 aromatic heterocycles. The Morgan fingerprint density at radius 1 is 0.875 bits per heavy atom. The monoisotopic (exact) mass is 228 g/mol. The van der Waals surface area contributed by atoms with Crippen molar-refractivity contribution in [3.63, 3.8) is 0 Å². The van der Waals surface area contributed by atoms with Crippen LogP contribution in [-0.2, 0) is 0 Å². The number of hydrogen-bond donors (Lipinski definition) is 1. The fourth-order valence-corrected chi connectivity index (χ4v) is 2.37. The summed E-state index contributed by atoms with van der Waals surface area (Å²) in [5, 5.41) is 3.77. The SMILES string of the molecule is CC(C)CC(CC(C)C)NC(C)CN(C)C. The number of hydrogen-bond acceptors (Lipinski definition) is 2. The Hall–Kier alpha value is -0.0800. The van der Waals surface area contributed by atoms with Gasteiger partial charge in [-0.2, -0.15) is 0 Å². The molecule has 0 aliphatic carbocycles. The van der Waals surface area contributed by atoms with Gasteiger partial charge in [0, 0.05) is 18.6 Å². The molecule has 0 rings (SSSR count). The van der Waals surface area contributed by atoms with Crippen molar-refractivity contribution in [3.8, 4) is 0 Å². The van der Waals surface area contributed by atoms with Crippen LogP contribution in [0.2, 0.25) is 0 Å². The fourth-order valence-electron chi connectivity index (χ4n) is 2.37. The summed E-state index contributed by atoms with van der Waals surface area (Å²) in [4.78, 5) is 2.25. The zero-order valence-electron chi connectivity index (χ0n) is 12.4. The first-order valence-corrected chi connectivity index (χ1v) is 6.72. The average Bonchev–Trinajstić information content (AvgIpc) is 1.97. The highest BCUT2D eigenvalue weighted by Crippen LogP contribution is 2.13. The summed E-state index contributed by atoms with van der Waals surface area (Å²) in [7, 11) is 4.27. The van der Waals surface area contributed by atoms with Crippen LogP contribution in [0.25, 0.3) is 0 Å². The lowest BCUT2D eigenvalue weighted by molar-refractivity contribution is 0.289. The van der Waals surface area contributed by atoms with E-state index in [1.807, 2.05) is 0 Å². The Balaban J connectivity index is 4.08. The van der Waals surface area contributed by atoms with Gasteiger partial charge in [-0.25, -0.2) is 0 Å². The molecule has 0 bridgehead atoms. The van der Waals surface area contributed by atoms with Gasteiger partial charge >= 0.3 is 0 Å². The van der Waals surface area contributed by atoms with E-state index in [1.54, 1.807) is 0 Å². The average molecular weight is 228 g/mol. The zero-order valence-corrected chi connectivity index (χ0v) is 12.4. The normalized spacial score (nSPS) is 14.4. The molecule has 1 N–H and O–H groups in total. The molecular weight excluding hydrogens is 196 g/mol. The van der Waals surface area contributed by atoms with Gasteiger partial charge in [0.15, 0.2) is 0 Å². The quantitative estimate of drug-likeness (QED) is 0.687. The van der Waals surface area contributed by atoms with Crippen LogP contribution in [0.5, 0.6) is 0 Å². The van der Waals surface area contributed by atoms with Crippen LogP contribution in [-0.4, -0.2) is 37.6 Å². The third kappa shape index (κ3) is 9.17. The lowest BCUT2D eigenvalue weighted by Crippen LogP contribution is -2.43. The van der Waals surface area contributed by atoms with Crippen molar-refractivity contribution in [3.05, 3.63) is 0 Å². The van der Waals surface area contributed by atoms with E-state index < -0.39 is 0 Å². The maximum atomic E-state index is 3.77. The molecule has 2 nitrogen and oxygen atoms in total. The number of likely N-dealkylation sites (N-methyl/N-ethyl adjacent to an activating group) is 1. The van der Waals surface area contributed by atoms with Crippen LogP contribution in [0.1, 0.15) is 47.5 Å². The second kappa shape index (κ2) is 8.08. The first kappa shape index (κ1) is 15.9. The van der Waals surface area contributed by atoms with E-state index in [2.05, 4.69) is 58.9 Å². The molecule has 98 valence electrons. The van der Waals surface area contributed by atoms with E-state index in [-0.39, 0.29) is 0 Å². The summed E-state index contributed by atoms with van der Waals surface area (Å²) in [5.74, 6) is 1.56. The van der Waals surface area contributed by atoms with Crippen LogP contribution in [0.4, 0.5) is 0 Å². The van der Waals surface area contributed by atoms with Crippen molar-refractivity contribution in [1.82, 2.24) is 10.2 Å². The summed E-state index contributed by atoms with van der Waals surface area (Å²) in [6, 6.07) is 1.26. The molecule has 0 heterocycles. The topological polar surface area (TPSA) is 15.3 Å². The first-order valence-electron chi connectivity index (χ1n) is 6.72. The Kier molecular flexibility index (Phi) is 8.04.